The average molecular weight is 172 g/mol. The van der Waals surface area contributed by atoms with Gasteiger partial charge in [-0.3, -0.25) is 4.79 Å². The van der Waals surface area contributed by atoms with Gasteiger partial charge in [-0.25, -0.2) is 0 Å². The lowest BCUT2D eigenvalue weighted by molar-refractivity contribution is -0.138. The van der Waals surface area contributed by atoms with Crippen molar-refractivity contribution in [3.63, 3.8) is 0 Å². The van der Waals surface area contributed by atoms with Gasteiger partial charge in [-0.1, -0.05) is 0 Å². The van der Waals surface area contributed by atoms with E-state index in [1.807, 2.05) is 0 Å². The first-order valence-electron chi connectivity index (χ1n) is 4.26. The Kier molecular flexibility index (Phi) is 2.69. The van der Waals surface area contributed by atoms with Crippen molar-refractivity contribution in [3.8, 4) is 0 Å². The molecule has 4 N–H and O–H groups in total. The number of carboxylic acid groups (broad SMARTS) is 1. The van der Waals surface area contributed by atoms with Crippen molar-refractivity contribution in [1.82, 2.24) is 5.32 Å². The molecule has 0 amide bonds. The molecule has 70 valence electrons. The van der Waals surface area contributed by atoms with Gasteiger partial charge in [-0.05, 0) is 19.8 Å². The molecule has 1 saturated heterocycles. The summed E-state index contributed by atoms with van der Waals surface area (Å²) in [5.74, 6) is -0.811. The van der Waals surface area contributed by atoms with Crippen LogP contribution in [0.3, 0.4) is 0 Å². The number of carboxylic acids is 1. The highest BCUT2D eigenvalue weighted by molar-refractivity contribution is 5.68. The summed E-state index contributed by atoms with van der Waals surface area (Å²) in [6.45, 7) is 2.70. The van der Waals surface area contributed by atoms with E-state index in [1.165, 1.54) is 0 Å². The Hall–Kier alpha value is -0.610. The van der Waals surface area contributed by atoms with E-state index >= 15 is 0 Å². The summed E-state index contributed by atoms with van der Waals surface area (Å²) in [5, 5.41) is 11.8. The summed E-state index contributed by atoms with van der Waals surface area (Å²) in [5.41, 5.74) is 5.35. The first kappa shape index (κ1) is 9.48. The number of nitrogens with two attached hydrogens (primary N) is 1. The van der Waals surface area contributed by atoms with Crippen LogP contribution in [-0.4, -0.2) is 29.2 Å². The molecule has 0 spiro atoms. The molecule has 1 fully saturated rings. The van der Waals surface area contributed by atoms with Gasteiger partial charge in [0, 0.05) is 18.1 Å². The third kappa shape index (κ3) is 2.46. The van der Waals surface area contributed by atoms with Gasteiger partial charge in [0.05, 0.1) is 6.42 Å². The molecule has 0 saturated carbocycles. The smallest absolute Gasteiger partial charge is 0.305 e. The fraction of sp³-hybridized carbons (Fsp3) is 0.875. The van der Waals surface area contributed by atoms with Crippen LogP contribution >= 0.6 is 0 Å². The molecular formula is C8H16N2O2. The van der Waals surface area contributed by atoms with Crippen LogP contribution < -0.4 is 11.1 Å². The van der Waals surface area contributed by atoms with Crippen molar-refractivity contribution in [1.29, 1.82) is 0 Å². The number of rotatable bonds is 2. The summed E-state index contributed by atoms with van der Waals surface area (Å²) >= 11 is 0. The van der Waals surface area contributed by atoms with Crippen LogP contribution in [0.1, 0.15) is 26.2 Å². The quantitative estimate of drug-likeness (QED) is 0.545. The van der Waals surface area contributed by atoms with Gasteiger partial charge >= 0.3 is 5.97 Å². The summed E-state index contributed by atoms with van der Waals surface area (Å²) in [6, 6.07) is 0.468. The van der Waals surface area contributed by atoms with Crippen LogP contribution in [-0.2, 0) is 4.79 Å². The van der Waals surface area contributed by atoms with Crippen molar-refractivity contribution in [2.75, 3.05) is 6.54 Å². The van der Waals surface area contributed by atoms with E-state index in [4.69, 9.17) is 10.8 Å². The van der Waals surface area contributed by atoms with Crippen molar-refractivity contribution >= 4 is 5.97 Å². The molecule has 0 aliphatic carbocycles. The predicted octanol–water partition coefficient (Wildman–Crippen LogP) is -0.0695. The second-order valence-electron chi connectivity index (χ2n) is 3.75. The Morgan fingerprint density at radius 3 is 2.92 bits per heavy atom. The SMILES string of the molecule is CC1CCC(N)(CC(=O)O)CN1. The number of piperidine rings is 1. The van der Waals surface area contributed by atoms with E-state index < -0.39 is 11.5 Å². The molecule has 1 aliphatic rings. The van der Waals surface area contributed by atoms with E-state index in [-0.39, 0.29) is 6.42 Å². The molecule has 2 unspecified atom stereocenters. The Morgan fingerprint density at radius 2 is 2.50 bits per heavy atom. The molecule has 0 bridgehead atoms. The first-order valence-corrected chi connectivity index (χ1v) is 4.26. The number of aliphatic carboxylic acids is 1. The minimum atomic E-state index is -0.811. The summed E-state index contributed by atoms with van der Waals surface area (Å²) in [7, 11) is 0. The normalized spacial score (nSPS) is 36.3. The van der Waals surface area contributed by atoms with Gasteiger partial charge in [0.1, 0.15) is 0 Å². The third-order valence-electron chi connectivity index (χ3n) is 2.38. The van der Waals surface area contributed by atoms with Gasteiger partial charge in [0.2, 0.25) is 0 Å². The Bertz CT molecular complexity index is 174. The van der Waals surface area contributed by atoms with Crippen LogP contribution in [0.2, 0.25) is 0 Å². The topological polar surface area (TPSA) is 75.4 Å². The van der Waals surface area contributed by atoms with E-state index in [0.29, 0.717) is 12.6 Å². The van der Waals surface area contributed by atoms with Crippen LogP contribution in [0.5, 0.6) is 0 Å². The largest absolute Gasteiger partial charge is 0.481 e. The Labute approximate surface area is 72.1 Å². The van der Waals surface area contributed by atoms with Crippen LogP contribution in [0, 0.1) is 0 Å². The lowest BCUT2D eigenvalue weighted by Gasteiger charge is -2.35. The molecule has 12 heavy (non-hydrogen) atoms. The number of hydrogen-bond acceptors (Lipinski definition) is 3. The standard InChI is InChI=1S/C8H16N2O2/c1-6-2-3-8(9,5-10-6)4-7(11)12/h6,10H,2-5,9H2,1H3,(H,11,12). The van der Waals surface area contributed by atoms with Gasteiger partial charge in [0.25, 0.3) is 0 Å². The molecular weight excluding hydrogens is 156 g/mol. The van der Waals surface area contributed by atoms with Gasteiger partial charge < -0.3 is 16.2 Å². The highest BCUT2D eigenvalue weighted by Crippen LogP contribution is 2.19. The maximum atomic E-state index is 10.4. The molecule has 4 nitrogen and oxygen atoms in total. The van der Waals surface area contributed by atoms with Crippen molar-refractivity contribution in [2.24, 2.45) is 5.73 Å². The van der Waals surface area contributed by atoms with Crippen molar-refractivity contribution in [3.05, 3.63) is 0 Å². The second-order valence-corrected chi connectivity index (χ2v) is 3.75. The lowest BCUT2D eigenvalue weighted by atomic mass is 9.86. The van der Waals surface area contributed by atoms with E-state index in [1.54, 1.807) is 0 Å². The molecule has 4 heteroatoms. The van der Waals surface area contributed by atoms with Crippen molar-refractivity contribution < 1.29 is 9.90 Å². The number of hydrogen-bond donors (Lipinski definition) is 3. The zero-order valence-corrected chi connectivity index (χ0v) is 7.34. The minimum absolute atomic E-state index is 0.0622. The van der Waals surface area contributed by atoms with Crippen LogP contribution in [0.4, 0.5) is 0 Å². The molecule has 1 heterocycles. The summed E-state index contributed by atoms with van der Waals surface area (Å²) < 4.78 is 0. The van der Waals surface area contributed by atoms with E-state index in [2.05, 4.69) is 12.2 Å². The lowest BCUT2D eigenvalue weighted by Crippen LogP contribution is -2.56. The molecule has 0 aromatic rings. The molecule has 0 aromatic carbocycles. The first-order chi connectivity index (χ1) is 5.52. The van der Waals surface area contributed by atoms with Crippen LogP contribution in [0.15, 0.2) is 0 Å². The second kappa shape index (κ2) is 3.41. The van der Waals surface area contributed by atoms with Gasteiger partial charge in [-0.15, -0.1) is 0 Å². The number of carbonyl (C=O) groups is 1. The molecule has 1 rings (SSSR count). The van der Waals surface area contributed by atoms with Crippen molar-refractivity contribution in [2.45, 2.75) is 37.8 Å². The average Bonchev–Trinajstić information content (AvgIpc) is 1.94. The number of nitrogens with one attached hydrogen (secondary N) is 1. The highest BCUT2D eigenvalue weighted by Gasteiger charge is 2.31. The zero-order chi connectivity index (χ0) is 9.19. The molecule has 0 radical (unpaired) electrons. The fourth-order valence-corrected chi connectivity index (χ4v) is 1.52. The zero-order valence-electron chi connectivity index (χ0n) is 7.34. The predicted molar refractivity (Wildman–Crippen MR) is 45.9 cm³/mol. The molecule has 1 aliphatic heterocycles. The summed E-state index contributed by atoms with van der Waals surface area (Å²) in [4.78, 5) is 10.4. The maximum Gasteiger partial charge on any atom is 0.305 e. The minimum Gasteiger partial charge on any atom is -0.481 e. The molecule has 2 atom stereocenters. The Morgan fingerprint density at radius 1 is 1.83 bits per heavy atom. The maximum absolute atomic E-state index is 10.4. The fourth-order valence-electron chi connectivity index (χ4n) is 1.52. The van der Waals surface area contributed by atoms with Gasteiger partial charge in [0.15, 0.2) is 0 Å². The van der Waals surface area contributed by atoms with Gasteiger partial charge in [-0.2, -0.15) is 0 Å². The molecule has 0 aromatic heterocycles. The highest BCUT2D eigenvalue weighted by atomic mass is 16.4. The monoisotopic (exact) mass is 172 g/mol. The third-order valence-corrected chi connectivity index (χ3v) is 2.38. The Balaban J connectivity index is 2.44. The summed E-state index contributed by atoms with van der Waals surface area (Å²) in [6.07, 6.45) is 1.82. The van der Waals surface area contributed by atoms with Crippen LogP contribution in [0.25, 0.3) is 0 Å². The van der Waals surface area contributed by atoms with E-state index in [0.717, 1.165) is 12.8 Å². The van der Waals surface area contributed by atoms with E-state index in [9.17, 15) is 4.79 Å².